The first-order chi connectivity index (χ1) is 20.3. The van der Waals surface area contributed by atoms with Gasteiger partial charge in [-0.25, -0.2) is 4.98 Å². The maximum absolute atomic E-state index is 6.51. The molecule has 3 nitrogen and oxygen atoms in total. The van der Waals surface area contributed by atoms with Crippen molar-refractivity contribution in [3.63, 3.8) is 0 Å². The number of aromatic nitrogens is 2. The van der Waals surface area contributed by atoms with Gasteiger partial charge in [-0.15, -0.1) is 11.3 Å². The Morgan fingerprint density at radius 3 is 1.98 bits per heavy atom. The van der Waals surface area contributed by atoms with Crippen LogP contribution in [0.5, 0.6) is 0 Å². The Morgan fingerprint density at radius 2 is 1.22 bits per heavy atom. The molecule has 6 aromatic carbocycles. The van der Waals surface area contributed by atoms with Gasteiger partial charge in [0, 0.05) is 42.2 Å². The molecular formula is C37H22N2OS. The van der Waals surface area contributed by atoms with E-state index in [-0.39, 0.29) is 0 Å². The number of rotatable bonds is 3. The minimum absolute atomic E-state index is 0.640. The van der Waals surface area contributed by atoms with Crippen molar-refractivity contribution in [2.75, 3.05) is 0 Å². The fourth-order valence-electron chi connectivity index (χ4n) is 6.13. The summed E-state index contributed by atoms with van der Waals surface area (Å²) in [4.78, 5) is 4.91. The lowest BCUT2D eigenvalue weighted by Gasteiger charge is -2.08. The summed E-state index contributed by atoms with van der Waals surface area (Å²) in [5, 5.41) is 4.87. The van der Waals surface area contributed by atoms with E-state index in [2.05, 4.69) is 138 Å². The van der Waals surface area contributed by atoms with Crippen LogP contribution < -0.4 is 0 Å². The zero-order chi connectivity index (χ0) is 26.9. The van der Waals surface area contributed by atoms with Crippen molar-refractivity contribution in [1.29, 1.82) is 0 Å². The first-order valence-corrected chi connectivity index (χ1v) is 14.5. The Balaban J connectivity index is 1.15. The van der Waals surface area contributed by atoms with E-state index in [4.69, 9.17) is 9.40 Å². The average molecular weight is 543 g/mol. The van der Waals surface area contributed by atoms with E-state index >= 15 is 0 Å². The summed E-state index contributed by atoms with van der Waals surface area (Å²) in [7, 11) is 0. The Labute approximate surface area is 239 Å². The molecule has 0 atom stereocenters. The van der Waals surface area contributed by atoms with Crippen LogP contribution in [0, 0.1) is 0 Å². The molecule has 41 heavy (non-hydrogen) atoms. The van der Waals surface area contributed by atoms with Crippen molar-refractivity contribution in [3.8, 4) is 28.3 Å². The highest BCUT2D eigenvalue weighted by Gasteiger charge is 2.17. The van der Waals surface area contributed by atoms with Gasteiger partial charge in [-0.05, 0) is 65.7 Å². The van der Waals surface area contributed by atoms with Crippen LogP contribution in [-0.4, -0.2) is 9.55 Å². The monoisotopic (exact) mass is 542 g/mol. The van der Waals surface area contributed by atoms with E-state index in [1.54, 1.807) is 11.3 Å². The minimum Gasteiger partial charge on any atom is -0.435 e. The van der Waals surface area contributed by atoms with Gasteiger partial charge in [-0.2, -0.15) is 0 Å². The molecule has 0 fully saturated rings. The van der Waals surface area contributed by atoms with E-state index in [1.165, 1.54) is 47.7 Å². The summed E-state index contributed by atoms with van der Waals surface area (Å²) in [6, 6.07) is 47.2. The highest BCUT2D eigenvalue weighted by Crippen LogP contribution is 2.41. The number of benzene rings is 6. The molecule has 3 heterocycles. The number of nitrogens with zero attached hydrogens (tertiary/aromatic N) is 2. The highest BCUT2D eigenvalue weighted by atomic mass is 32.1. The van der Waals surface area contributed by atoms with E-state index in [9.17, 15) is 0 Å². The molecule has 0 amide bonds. The molecule has 192 valence electrons. The summed E-state index contributed by atoms with van der Waals surface area (Å²) in [6.07, 6.45) is 0. The fourth-order valence-corrected chi connectivity index (χ4v) is 7.28. The van der Waals surface area contributed by atoms with Crippen molar-refractivity contribution in [1.82, 2.24) is 9.55 Å². The van der Waals surface area contributed by atoms with Crippen LogP contribution in [0.4, 0.5) is 0 Å². The second-order valence-electron chi connectivity index (χ2n) is 10.4. The second kappa shape index (κ2) is 8.65. The van der Waals surface area contributed by atoms with Gasteiger partial charge < -0.3 is 8.98 Å². The summed E-state index contributed by atoms with van der Waals surface area (Å²) < 4.78 is 11.3. The Bertz CT molecular complexity index is 2360. The molecule has 4 heteroatoms. The van der Waals surface area contributed by atoms with Crippen molar-refractivity contribution in [2.45, 2.75) is 0 Å². The summed E-state index contributed by atoms with van der Waals surface area (Å²) in [5.74, 6) is 0.640. The molecule has 0 aliphatic carbocycles. The van der Waals surface area contributed by atoms with Crippen LogP contribution in [0.25, 0.3) is 81.3 Å². The molecule has 0 N–H and O–H groups in total. The maximum Gasteiger partial charge on any atom is 0.227 e. The van der Waals surface area contributed by atoms with Gasteiger partial charge in [0.15, 0.2) is 5.58 Å². The number of para-hydroxylation sites is 2. The first-order valence-electron chi connectivity index (χ1n) is 13.7. The third kappa shape index (κ3) is 3.41. The van der Waals surface area contributed by atoms with Crippen molar-refractivity contribution >= 4 is 64.4 Å². The number of oxazole rings is 1. The average Bonchev–Trinajstić information content (AvgIpc) is 3.73. The van der Waals surface area contributed by atoms with Gasteiger partial charge in [0.2, 0.25) is 5.89 Å². The van der Waals surface area contributed by atoms with Crippen molar-refractivity contribution < 1.29 is 4.42 Å². The van der Waals surface area contributed by atoms with Gasteiger partial charge in [-0.1, -0.05) is 78.9 Å². The quantitative estimate of drug-likeness (QED) is 0.222. The molecule has 0 bridgehead atoms. The van der Waals surface area contributed by atoms with Crippen LogP contribution in [0.1, 0.15) is 0 Å². The molecule has 0 spiro atoms. The number of thiophene rings is 1. The molecule has 9 aromatic rings. The Morgan fingerprint density at radius 1 is 0.537 bits per heavy atom. The van der Waals surface area contributed by atoms with E-state index < -0.39 is 0 Å². The van der Waals surface area contributed by atoms with E-state index in [1.807, 2.05) is 0 Å². The zero-order valence-electron chi connectivity index (χ0n) is 21.9. The first kappa shape index (κ1) is 22.6. The summed E-state index contributed by atoms with van der Waals surface area (Å²) in [5.41, 5.74) is 8.66. The lowest BCUT2D eigenvalue weighted by Crippen LogP contribution is -1.93. The van der Waals surface area contributed by atoms with Gasteiger partial charge in [0.05, 0.1) is 11.0 Å². The molecule has 9 rings (SSSR count). The molecule has 0 aliphatic rings. The second-order valence-corrected chi connectivity index (χ2v) is 11.5. The van der Waals surface area contributed by atoms with Crippen LogP contribution in [-0.2, 0) is 0 Å². The van der Waals surface area contributed by atoms with Gasteiger partial charge in [0.25, 0.3) is 0 Å². The lowest BCUT2D eigenvalue weighted by atomic mass is 10.0. The third-order valence-corrected chi connectivity index (χ3v) is 9.17. The molecule has 0 radical (unpaired) electrons. The minimum atomic E-state index is 0.640. The smallest absolute Gasteiger partial charge is 0.227 e. The number of fused-ring (bicyclic) bond motifs is 8. The van der Waals surface area contributed by atoms with Gasteiger partial charge in [-0.3, -0.25) is 0 Å². The van der Waals surface area contributed by atoms with Crippen LogP contribution in [0.2, 0.25) is 0 Å². The molecule has 0 saturated heterocycles. The molecule has 0 saturated carbocycles. The van der Waals surface area contributed by atoms with E-state index in [0.29, 0.717) is 5.89 Å². The number of hydrogen-bond donors (Lipinski definition) is 0. The summed E-state index contributed by atoms with van der Waals surface area (Å²) >= 11 is 1.80. The standard InChI is InChI=1S/C37H22N2OS/c1-2-8-23(9-3-1)25-16-19-29-34(22-25)41-33-21-20-30-36(35(29)33)40-37(38-30)24-14-17-26(18-15-24)39-31-12-6-4-10-27(31)28-11-5-7-13-32(28)39/h1-22H. The Kier molecular flexibility index (Phi) is 4.77. The highest BCUT2D eigenvalue weighted by molar-refractivity contribution is 7.26. The predicted molar refractivity (Wildman–Crippen MR) is 172 cm³/mol. The molecule has 0 unspecified atom stereocenters. The van der Waals surface area contributed by atoms with Crippen LogP contribution in [0.15, 0.2) is 138 Å². The molecular weight excluding hydrogens is 520 g/mol. The van der Waals surface area contributed by atoms with Crippen molar-refractivity contribution in [3.05, 3.63) is 133 Å². The van der Waals surface area contributed by atoms with Gasteiger partial charge >= 0.3 is 0 Å². The topological polar surface area (TPSA) is 31.0 Å². The SMILES string of the molecule is c1ccc(-c2ccc3c(c2)sc2ccc4nc(-c5ccc(-n6c7ccccc7c7ccccc76)cc5)oc4c23)cc1. The number of hydrogen-bond acceptors (Lipinski definition) is 3. The fraction of sp³-hybridized carbons (Fsp3) is 0. The third-order valence-electron chi connectivity index (χ3n) is 8.05. The maximum atomic E-state index is 6.51. The van der Waals surface area contributed by atoms with Crippen LogP contribution in [0.3, 0.4) is 0 Å². The molecule has 3 aromatic heterocycles. The predicted octanol–water partition coefficient (Wildman–Crippen LogP) is 10.6. The zero-order valence-corrected chi connectivity index (χ0v) is 22.7. The van der Waals surface area contributed by atoms with Gasteiger partial charge in [0.1, 0.15) is 5.52 Å². The molecule has 0 aliphatic heterocycles. The largest absolute Gasteiger partial charge is 0.435 e. The van der Waals surface area contributed by atoms with Crippen LogP contribution >= 0.6 is 11.3 Å². The normalized spacial score (nSPS) is 11.9. The lowest BCUT2D eigenvalue weighted by molar-refractivity contribution is 0.623. The van der Waals surface area contributed by atoms with Crippen molar-refractivity contribution in [2.24, 2.45) is 0 Å². The van der Waals surface area contributed by atoms with E-state index in [0.717, 1.165) is 27.7 Å². The summed E-state index contributed by atoms with van der Waals surface area (Å²) in [6.45, 7) is 0. The Hall–Kier alpha value is -5.19.